The predicted octanol–water partition coefficient (Wildman–Crippen LogP) is 4.53. The summed E-state index contributed by atoms with van der Waals surface area (Å²) in [6, 6.07) is 4.83. The fourth-order valence-corrected chi connectivity index (χ4v) is 1.47. The molecule has 0 heterocycles. The Hall–Kier alpha value is -0.350. The molecule has 0 saturated carbocycles. The molecule has 0 bridgehead atoms. The van der Waals surface area contributed by atoms with Crippen LogP contribution in [0.5, 0.6) is 5.75 Å². The number of rotatable bonds is 2. The quantitative estimate of drug-likeness (QED) is 0.456. The Morgan fingerprint density at radius 3 is 2.47 bits per heavy atom. The molecule has 0 radical (unpaired) electrons. The number of carbonyl (C=O) groups excluding carboxylic acids is 1. The Bertz CT molecular complexity index is 394. The summed E-state index contributed by atoms with van der Waals surface area (Å²) in [5.74, 6) is 0.268. The Morgan fingerprint density at radius 2 is 1.94 bits per heavy atom. The first-order chi connectivity index (χ1) is 7.76. The molecular weight excluding hydrogens is 310 g/mol. The van der Waals surface area contributed by atoms with E-state index in [0.717, 1.165) is 5.56 Å². The van der Waals surface area contributed by atoms with Crippen LogP contribution >= 0.6 is 46.4 Å². The van der Waals surface area contributed by atoms with E-state index < -0.39 is 16.6 Å². The lowest BCUT2D eigenvalue weighted by Crippen LogP contribution is -2.19. The minimum atomic E-state index is -1.66. The lowest BCUT2D eigenvalue weighted by atomic mass is 10.2. The summed E-state index contributed by atoms with van der Waals surface area (Å²) in [4.78, 5) is 11.2. The molecule has 0 N–H and O–H groups in total. The van der Waals surface area contributed by atoms with Crippen LogP contribution in [-0.2, 0) is 4.74 Å². The van der Waals surface area contributed by atoms with Crippen molar-refractivity contribution in [3.05, 3.63) is 28.8 Å². The van der Waals surface area contributed by atoms with Crippen molar-refractivity contribution in [3.63, 3.8) is 0 Å². The molecule has 0 atom stereocenters. The second-order valence-electron chi connectivity index (χ2n) is 3.22. The molecule has 0 aliphatic heterocycles. The van der Waals surface area contributed by atoms with Crippen molar-refractivity contribution >= 4 is 52.6 Å². The maximum atomic E-state index is 11.2. The van der Waals surface area contributed by atoms with Crippen molar-refractivity contribution in [2.45, 2.75) is 10.7 Å². The molecule has 17 heavy (non-hydrogen) atoms. The fraction of sp³-hybridized carbons (Fsp3) is 0.300. The van der Waals surface area contributed by atoms with Crippen LogP contribution in [0.15, 0.2) is 18.2 Å². The number of hydrogen-bond acceptors (Lipinski definition) is 3. The van der Waals surface area contributed by atoms with E-state index in [2.05, 4.69) is 4.74 Å². The Morgan fingerprint density at radius 1 is 1.29 bits per heavy atom. The van der Waals surface area contributed by atoms with Crippen LogP contribution in [0.25, 0.3) is 0 Å². The van der Waals surface area contributed by atoms with E-state index in [4.69, 9.17) is 51.1 Å². The van der Waals surface area contributed by atoms with Crippen LogP contribution in [0.4, 0.5) is 4.79 Å². The summed E-state index contributed by atoms with van der Waals surface area (Å²) < 4.78 is 7.78. The number of benzene rings is 1. The lowest BCUT2D eigenvalue weighted by Gasteiger charge is -2.11. The third-order valence-electron chi connectivity index (χ3n) is 1.57. The first-order valence-electron chi connectivity index (χ1n) is 4.45. The number of aryl methyl sites for hydroxylation is 1. The van der Waals surface area contributed by atoms with Crippen molar-refractivity contribution in [1.82, 2.24) is 0 Å². The van der Waals surface area contributed by atoms with Gasteiger partial charge in [0.15, 0.2) is 0 Å². The highest BCUT2D eigenvalue weighted by molar-refractivity contribution is 6.67. The summed E-state index contributed by atoms with van der Waals surface area (Å²) in [6.07, 6.45) is -0.960. The summed E-state index contributed by atoms with van der Waals surface area (Å²) in [7, 11) is 0. The van der Waals surface area contributed by atoms with Gasteiger partial charge in [0.25, 0.3) is 0 Å². The summed E-state index contributed by atoms with van der Waals surface area (Å²) >= 11 is 22.0. The van der Waals surface area contributed by atoms with Crippen LogP contribution in [0, 0.1) is 6.92 Å². The van der Waals surface area contributed by atoms with Crippen LogP contribution in [0.3, 0.4) is 0 Å². The topological polar surface area (TPSA) is 35.5 Å². The molecule has 7 heteroatoms. The molecule has 0 fully saturated rings. The first kappa shape index (κ1) is 14.7. The second-order valence-corrected chi connectivity index (χ2v) is 6.17. The molecule has 3 nitrogen and oxygen atoms in total. The van der Waals surface area contributed by atoms with Crippen molar-refractivity contribution in [2.24, 2.45) is 0 Å². The summed E-state index contributed by atoms with van der Waals surface area (Å²) in [6.45, 7) is 1.42. The fourth-order valence-electron chi connectivity index (χ4n) is 1.03. The zero-order valence-corrected chi connectivity index (χ0v) is 11.7. The molecule has 0 unspecified atom stereocenters. The average molecular weight is 318 g/mol. The van der Waals surface area contributed by atoms with Crippen molar-refractivity contribution in [3.8, 4) is 5.75 Å². The van der Waals surface area contributed by atoms with Gasteiger partial charge in [-0.2, -0.15) is 0 Å². The van der Waals surface area contributed by atoms with E-state index >= 15 is 0 Å². The molecule has 1 aromatic carbocycles. The molecule has 1 aromatic rings. The smallest absolute Gasteiger partial charge is 0.429 e. The molecular formula is C10H8Cl4O3. The molecule has 0 aromatic heterocycles. The number of halogens is 4. The zero-order valence-electron chi connectivity index (χ0n) is 8.68. The van der Waals surface area contributed by atoms with Crippen molar-refractivity contribution in [2.75, 3.05) is 6.61 Å². The minimum absolute atomic E-state index is 0.268. The van der Waals surface area contributed by atoms with Gasteiger partial charge in [-0.3, -0.25) is 0 Å². The van der Waals surface area contributed by atoms with Gasteiger partial charge in [0.1, 0.15) is 12.4 Å². The number of hydrogen-bond donors (Lipinski definition) is 0. The molecule has 0 saturated heterocycles. The Balaban J connectivity index is 2.56. The number of carbonyl (C=O) groups is 1. The highest BCUT2D eigenvalue weighted by Crippen LogP contribution is 2.26. The zero-order chi connectivity index (χ0) is 13.1. The third-order valence-corrected chi connectivity index (χ3v) is 2.12. The Labute approximate surface area is 118 Å². The highest BCUT2D eigenvalue weighted by atomic mass is 35.6. The molecule has 94 valence electrons. The second kappa shape index (κ2) is 6.01. The maximum Gasteiger partial charge on any atom is 0.513 e. The molecule has 0 spiro atoms. The van der Waals surface area contributed by atoms with Gasteiger partial charge in [-0.05, 0) is 30.7 Å². The summed E-state index contributed by atoms with van der Waals surface area (Å²) in [5, 5.41) is 0.453. The molecule has 0 amide bonds. The molecule has 0 aliphatic carbocycles. The molecule has 0 aliphatic rings. The van der Waals surface area contributed by atoms with Crippen LogP contribution in [0.1, 0.15) is 5.56 Å². The van der Waals surface area contributed by atoms with Gasteiger partial charge in [-0.15, -0.1) is 0 Å². The van der Waals surface area contributed by atoms with Gasteiger partial charge in [-0.1, -0.05) is 46.4 Å². The normalized spacial score (nSPS) is 11.1. The minimum Gasteiger partial charge on any atom is -0.429 e. The highest BCUT2D eigenvalue weighted by Gasteiger charge is 2.22. The van der Waals surface area contributed by atoms with Crippen LogP contribution < -0.4 is 4.74 Å². The maximum absolute atomic E-state index is 11.2. The number of ether oxygens (including phenoxy) is 2. The van der Waals surface area contributed by atoms with E-state index in [-0.39, 0.29) is 5.75 Å². The van der Waals surface area contributed by atoms with E-state index in [1.165, 1.54) is 6.07 Å². The monoisotopic (exact) mass is 316 g/mol. The standard InChI is InChI=1S/C10H8Cl4O3/c1-6-2-7(11)4-8(3-6)17-9(15)16-5-10(12,13)14/h2-4H,5H2,1H3. The van der Waals surface area contributed by atoms with E-state index in [1.807, 2.05) is 6.92 Å². The van der Waals surface area contributed by atoms with Crippen LogP contribution in [0.2, 0.25) is 5.02 Å². The van der Waals surface area contributed by atoms with Crippen molar-refractivity contribution in [1.29, 1.82) is 0 Å². The largest absolute Gasteiger partial charge is 0.513 e. The lowest BCUT2D eigenvalue weighted by molar-refractivity contribution is 0.101. The first-order valence-corrected chi connectivity index (χ1v) is 5.96. The van der Waals surface area contributed by atoms with Gasteiger partial charge >= 0.3 is 6.16 Å². The van der Waals surface area contributed by atoms with E-state index in [0.29, 0.717) is 5.02 Å². The Kier molecular flexibility index (Phi) is 5.20. The number of alkyl halides is 3. The van der Waals surface area contributed by atoms with Gasteiger partial charge in [0, 0.05) is 5.02 Å². The van der Waals surface area contributed by atoms with E-state index in [9.17, 15) is 4.79 Å². The molecule has 1 rings (SSSR count). The summed E-state index contributed by atoms with van der Waals surface area (Å²) in [5.41, 5.74) is 0.849. The average Bonchev–Trinajstić information content (AvgIpc) is 2.11. The van der Waals surface area contributed by atoms with Gasteiger partial charge in [-0.25, -0.2) is 4.79 Å². The van der Waals surface area contributed by atoms with Gasteiger partial charge in [0.2, 0.25) is 3.79 Å². The van der Waals surface area contributed by atoms with Crippen molar-refractivity contribution < 1.29 is 14.3 Å². The predicted molar refractivity (Wildman–Crippen MR) is 68.5 cm³/mol. The van der Waals surface area contributed by atoms with Crippen LogP contribution in [-0.4, -0.2) is 16.6 Å². The van der Waals surface area contributed by atoms with Gasteiger partial charge in [0.05, 0.1) is 0 Å². The SMILES string of the molecule is Cc1cc(Cl)cc(OC(=O)OCC(Cl)(Cl)Cl)c1. The van der Waals surface area contributed by atoms with E-state index in [1.54, 1.807) is 12.1 Å². The third kappa shape index (κ3) is 6.22. The van der Waals surface area contributed by atoms with Gasteiger partial charge < -0.3 is 9.47 Å².